The number of carbonyl (C=O) groups excluding carboxylic acids is 1. The second-order valence-electron chi connectivity index (χ2n) is 5.66. The van der Waals surface area contributed by atoms with E-state index in [4.69, 9.17) is 11.6 Å². The molecule has 4 aromatic rings. The minimum Gasteiger partial charge on any atom is -0.340 e. The summed E-state index contributed by atoms with van der Waals surface area (Å²) in [4.78, 5) is 16.9. The second-order valence-corrected chi connectivity index (χ2v) is 6.09. The lowest BCUT2D eigenvalue weighted by Gasteiger charge is -2.11. The molecule has 6 nitrogen and oxygen atoms in total. The van der Waals surface area contributed by atoms with Gasteiger partial charge in [0.05, 0.1) is 17.3 Å². The number of aromatic nitrogens is 3. The molecule has 0 radical (unpaired) electrons. The van der Waals surface area contributed by atoms with E-state index in [9.17, 15) is 4.79 Å². The monoisotopic (exact) mass is 363 g/mol. The quantitative estimate of drug-likeness (QED) is 0.494. The first-order valence-corrected chi connectivity index (χ1v) is 8.29. The molecule has 2 aromatic heterocycles. The third kappa shape index (κ3) is 3.36. The minimum absolute atomic E-state index is 0.259. The van der Waals surface area contributed by atoms with Gasteiger partial charge in [0.1, 0.15) is 5.82 Å². The van der Waals surface area contributed by atoms with Crippen molar-refractivity contribution in [1.29, 1.82) is 0 Å². The zero-order valence-corrected chi connectivity index (χ0v) is 14.3. The smallest absolute Gasteiger partial charge is 0.259 e. The Kier molecular flexibility index (Phi) is 4.25. The zero-order valence-electron chi connectivity index (χ0n) is 13.5. The number of amides is 1. The van der Waals surface area contributed by atoms with Gasteiger partial charge in [-0.15, -0.1) is 0 Å². The summed E-state index contributed by atoms with van der Waals surface area (Å²) < 4.78 is 0. The fraction of sp³-hybridized carbons (Fsp3) is 0. The van der Waals surface area contributed by atoms with Crippen LogP contribution in [-0.2, 0) is 0 Å². The number of halogens is 1. The number of aromatic amines is 1. The van der Waals surface area contributed by atoms with Crippen molar-refractivity contribution in [2.45, 2.75) is 0 Å². The van der Waals surface area contributed by atoms with Crippen molar-refractivity contribution in [2.24, 2.45) is 0 Å². The number of hydrogen-bond acceptors (Lipinski definition) is 4. The topological polar surface area (TPSA) is 82.7 Å². The van der Waals surface area contributed by atoms with E-state index in [1.165, 1.54) is 0 Å². The summed E-state index contributed by atoms with van der Waals surface area (Å²) in [6, 6.07) is 16.1. The van der Waals surface area contributed by atoms with Crippen molar-refractivity contribution in [3.63, 3.8) is 0 Å². The van der Waals surface area contributed by atoms with Crippen LogP contribution < -0.4 is 10.6 Å². The van der Waals surface area contributed by atoms with Crippen molar-refractivity contribution >= 4 is 45.6 Å². The van der Waals surface area contributed by atoms with Crippen LogP contribution in [0.15, 0.2) is 67.0 Å². The molecule has 0 spiro atoms. The summed E-state index contributed by atoms with van der Waals surface area (Å²) in [7, 11) is 0. The van der Waals surface area contributed by atoms with E-state index in [1.807, 2.05) is 18.2 Å². The Bertz CT molecular complexity index is 1070. The van der Waals surface area contributed by atoms with Crippen molar-refractivity contribution in [3.05, 3.63) is 77.6 Å². The van der Waals surface area contributed by atoms with Crippen LogP contribution in [0, 0.1) is 0 Å². The van der Waals surface area contributed by atoms with Gasteiger partial charge in [-0.2, -0.15) is 5.10 Å². The number of H-pyrrole nitrogens is 1. The van der Waals surface area contributed by atoms with Crippen molar-refractivity contribution in [2.75, 3.05) is 10.6 Å². The Morgan fingerprint density at radius 3 is 2.69 bits per heavy atom. The molecule has 0 aliphatic carbocycles. The third-order valence-electron chi connectivity index (χ3n) is 3.86. The van der Waals surface area contributed by atoms with E-state index in [0.717, 1.165) is 16.6 Å². The van der Waals surface area contributed by atoms with Crippen molar-refractivity contribution < 1.29 is 4.79 Å². The highest BCUT2D eigenvalue weighted by Crippen LogP contribution is 2.23. The molecule has 0 fully saturated rings. The number of rotatable bonds is 4. The number of carbonyl (C=O) groups is 1. The molecule has 2 aromatic carbocycles. The van der Waals surface area contributed by atoms with Gasteiger partial charge in [-0.3, -0.25) is 9.89 Å². The molecule has 26 heavy (non-hydrogen) atoms. The second kappa shape index (κ2) is 6.85. The zero-order chi connectivity index (χ0) is 17.9. The molecule has 1 amide bonds. The third-order valence-corrected chi connectivity index (χ3v) is 4.11. The number of benzene rings is 2. The lowest BCUT2D eigenvalue weighted by Crippen LogP contribution is -2.14. The molecule has 2 heterocycles. The number of nitrogens with zero attached hydrogens (tertiary/aromatic N) is 2. The fourth-order valence-electron chi connectivity index (χ4n) is 2.57. The Morgan fingerprint density at radius 1 is 1.04 bits per heavy atom. The molecule has 0 aliphatic rings. The van der Waals surface area contributed by atoms with Crippen LogP contribution in [0.5, 0.6) is 0 Å². The lowest BCUT2D eigenvalue weighted by atomic mass is 10.2. The van der Waals surface area contributed by atoms with E-state index in [1.54, 1.807) is 48.8 Å². The summed E-state index contributed by atoms with van der Waals surface area (Å²) in [6.45, 7) is 0. The average molecular weight is 364 g/mol. The Hall–Kier alpha value is -3.38. The van der Waals surface area contributed by atoms with Gasteiger partial charge in [0.2, 0.25) is 0 Å². The van der Waals surface area contributed by atoms with E-state index >= 15 is 0 Å². The molecule has 0 aliphatic heterocycles. The van der Waals surface area contributed by atoms with Crippen LogP contribution in [0.4, 0.5) is 17.2 Å². The van der Waals surface area contributed by atoms with Crippen molar-refractivity contribution in [3.8, 4) is 0 Å². The predicted octanol–water partition coefficient (Wildman–Crippen LogP) is 4.61. The summed E-state index contributed by atoms with van der Waals surface area (Å²) in [5.74, 6) is 0.211. The van der Waals surface area contributed by atoms with E-state index < -0.39 is 0 Å². The number of fused-ring (bicyclic) bond motifs is 1. The average Bonchev–Trinajstić information content (AvgIpc) is 3.12. The van der Waals surface area contributed by atoms with Crippen LogP contribution >= 0.6 is 11.6 Å². The van der Waals surface area contributed by atoms with E-state index in [0.29, 0.717) is 22.1 Å². The number of pyridine rings is 1. The number of anilines is 3. The van der Waals surface area contributed by atoms with Gasteiger partial charge in [0, 0.05) is 28.0 Å². The van der Waals surface area contributed by atoms with E-state index in [2.05, 4.69) is 25.8 Å². The Balaban J connectivity index is 1.59. The van der Waals surface area contributed by atoms with Crippen molar-refractivity contribution in [1.82, 2.24) is 15.2 Å². The molecule has 0 saturated heterocycles. The van der Waals surface area contributed by atoms with Crippen LogP contribution in [0.1, 0.15) is 10.4 Å². The molecule has 0 unspecified atom stereocenters. The highest BCUT2D eigenvalue weighted by molar-refractivity contribution is 6.30. The van der Waals surface area contributed by atoms with Crippen LogP contribution in [-0.4, -0.2) is 21.1 Å². The normalized spacial score (nSPS) is 10.7. The molecule has 0 saturated carbocycles. The number of hydrogen-bond donors (Lipinski definition) is 3. The first kappa shape index (κ1) is 16.1. The molecular formula is C19H14ClN5O. The number of nitrogens with one attached hydrogen (secondary N) is 3. The first-order chi connectivity index (χ1) is 12.7. The standard InChI is InChI=1S/C19H14ClN5O/c20-13-4-7-14(8-5-13)24-19(26)16-2-1-9-21-18(16)23-15-6-3-12-11-22-25-17(12)10-15/h1-11H,(H,21,23)(H,22,25)(H,24,26). The lowest BCUT2D eigenvalue weighted by molar-refractivity contribution is 0.102. The maximum Gasteiger partial charge on any atom is 0.259 e. The van der Waals surface area contributed by atoms with Gasteiger partial charge < -0.3 is 10.6 Å². The van der Waals surface area contributed by atoms with Gasteiger partial charge >= 0.3 is 0 Å². The minimum atomic E-state index is -0.259. The Morgan fingerprint density at radius 2 is 1.85 bits per heavy atom. The summed E-state index contributed by atoms with van der Waals surface area (Å²) >= 11 is 5.87. The van der Waals surface area contributed by atoms with E-state index in [-0.39, 0.29) is 5.91 Å². The largest absolute Gasteiger partial charge is 0.340 e. The molecular weight excluding hydrogens is 350 g/mol. The van der Waals surface area contributed by atoms with Crippen LogP contribution in [0.25, 0.3) is 10.9 Å². The molecule has 128 valence electrons. The van der Waals surface area contributed by atoms with Gasteiger partial charge in [-0.25, -0.2) is 4.98 Å². The van der Waals surface area contributed by atoms with Gasteiger partial charge in [0.15, 0.2) is 0 Å². The summed E-state index contributed by atoms with van der Waals surface area (Å²) in [6.07, 6.45) is 3.39. The van der Waals surface area contributed by atoms with Crippen LogP contribution in [0.3, 0.4) is 0 Å². The molecule has 4 rings (SSSR count). The van der Waals surface area contributed by atoms with Crippen LogP contribution in [0.2, 0.25) is 5.02 Å². The summed E-state index contributed by atoms with van der Waals surface area (Å²) in [5.41, 5.74) is 2.80. The van der Waals surface area contributed by atoms with Gasteiger partial charge in [0.25, 0.3) is 5.91 Å². The van der Waals surface area contributed by atoms with Gasteiger partial charge in [-0.1, -0.05) is 11.6 Å². The molecule has 0 bridgehead atoms. The highest BCUT2D eigenvalue weighted by Gasteiger charge is 2.13. The Labute approximate surface area is 154 Å². The molecule has 3 N–H and O–H groups in total. The summed E-state index contributed by atoms with van der Waals surface area (Å²) in [5, 5.41) is 14.6. The maximum absolute atomic E-state index is 12.6. The predicted molar refractivity (Wildman–Crippen MR) is 103 cm³/mol. The molecule has 7 heteroatoms. The highest BCUT2D eigenvalue weighted by atomic mass is 35.5. The van der Waals surface area contributed by atoms with Gasteiger partial charge in [-0.05, 0) is 54.6 Å². The SMILES string of the molecule is O=C(Nc1ccc(Cl)cc1)c1cccnc1Nc1ccc2cn[nH]c2c1. The maximum atomic E-state index is 12.6. The molecule has 0 atom stereocenters. The fourth-order valence-corrected chi connectivity index (χ4v) is 2.70. The first-order valence-electron chi connectivity index (χ1n) is 7.91.